The molecule has 4 radical (unpaired) electrons. The molecule has 0 aromatic rings. The summed E-state index contributed by atoms with van der Waals surface area (Å²) in [6.07, 6.45) is -2.44. The number of nitrogens with two attached hydrogens (primary N) is 1. The van der Waals surface area contributed by atoms with Crippen LogP contribution in [0.25, 0.3) is 0 Å². The van der Waals surface area contributed by atoms with Gasteiger partial charge in [0.15, 0.2) is 0 Å². The van der Waals surface area contributed by atoms with Gasteiger partial charge in [-0.15, -0.1) is 0 Å². The topological polar surface area (TPSA) is 122 Å². The molecule has 2 heterocycles. The van der Waals surface area contributed by atoms with Crippen LogP contribution >= 0.6 is 7.82 Å². The van der Waals surface area contributed by atoms with Crippen molar-refractivity contribution in [2.75, 3.05) is 13.2 Å². The fourth-order valence-corrected chi connectivity index (χ4v) is 4.06. The van der Waals surface area contributed by atoms with Gasteiger partial charge in [-0.25, -0.2) is 0 Å². The summed E-state index contributed by atoms with van der Waals surface area (Å²) < 4.78 is 44.7. The zero-order valence-electron chi connectivity index (χ0n) is 16.8. The third-order valence-electron chi connectivity index (χ3n) is 4.37. The van der Waals surface area contributed by atoms with Crippen molar-refractivity contribution in [2.24, 2.45) is 5.73 Å². The van der Waals surface area contributed by atoms with Gasteiger partial charge in [-0.05, 0) is 34.1 Å². The lowest BCUT2D eigenvalue weighted by Gasteiger charge is -2.31. The van der Waals surface area contributed by atoms with Crippen LogP contribution in [-0.2, 0) is 32.6 Å². The van der Waals surface area contributed by atoms with E-state index >= 15 is 0 Å². The third-order valence-corrected chi connectivity index (χ3v) is 5.34. The highest BCUT2D eigenvalue weighted by molar-refractivity contribution is 7.45. The molecule has 9 nitrogen and oxygen atoms in total. The SMILES string of the molecule is [B][C@@H]1O[C@H](COC(C)C)[C@H](OP(=O)([O-])OC[C@H]2O[C@@H]([B])C[C@H]2OC(C)C)C1N. The maximum atomic E-state index is 12.4. The monoisotopic (exact) mass is 416 g/mol. The van der Waals surface area contributed by atoms with Gasteiger partial charge in [0.2, 0.25) is 0 Å². The Bertz CT molecular complexity index is 543. The summed E-state index contributed by atoms with van der Waals surface area (Å²) in [5.41, 5.74) is 5.93. The average molecular weight is 416 g/mol. The Labute approximate surface area is 169 Å². The zero-order valence-corrected chi connectivity index (χ0v) is 17.7. The summed E-state index contributed by atoms with van der Waals surface area (Å²) in [5, 5.41) is 0. The first-order valence-corrected chi connectivity index (χ1v) is 10.9. The number of phosphoric ester groups is 1. The Morgan fingerprint density at radius 3 is 2.43 bits per heavy atom. The van der Waals surface area contributed by atoms with Gasteiger partial charge in [-0.2, -0.15) is 0 Å². The lowest BCUT2D eigenvalue weighted by atomic mass is 9.91. The minimum Gasteiger partial charge on any atom is -0.756 e. The molecule has 8 atom stereocenters. The molecule has 0 bridgehead atoms. The second-order valence-corrected chi connectivity index (χ2v) is 8.95. The number of ether oxygens (including phenoxy) is 4. The number of phosphoric acid groups is 1. The summed E-state index contributed by atoms with van der Waals surface area (Å²) in [4.78, 5) is 12.4. The van der Waals surface area contributed by atoms with Gasteiger partial charge < -0.3 is 38.6 Å². The fraction of sp³-hybridized carbons (Fsp3) is 1.00. The predicted octanol–water partition coefficient (Wildman–Crippen LogP) is -0.421. The largest absolute Gasteiger partial charge is 0.756 e. The van der Waals surface area contributed by atoms with Gasteiger partial charge in [0, 0.05) is 12.0 Å². The lowest BCUT2D eigenvalue weighted by molar-refractivity contribution is -0.234. The first kappa shape index (κ1) is 24.3. The van der Waals surface area contributed by atoms with E-state index in [-0.39, 0.29) is 31.5 Å². The van der Waals surface area contributed by atoms with Gasteiger partial charge >= 0.3 is 0 Å². The third kappa shape index (κ3) is 7.07. The molecule has 0 saturated carbocycles. The number of hydrogen-bond acceptors (Lipinski definition) is 9. The Kier molecular flexibility index (Phi) is 9.01. The van der Waals surface area contributed by atoms with E-state index < -0.39 is 44.2 Å². The Morgan fingerprint density at radius 1 is 1.14 bits per heavy atom. The smallest absolute Gasteiger partial charge is 0.268 e. The highest BCUT2D eigenvalue weighted by atomic mass is 31.2. The quantitative estimate of drug-likeness (QED) is 0.374. The van der Waals surface area contributed by atoms with E-state index in [1.807, 2.05) is 27.7 Å². The molecular weight excluding hydrogens is 387 g/mol. The molecule has 2 saturated heterocycles. The summed E-state index contributed by atoms with van der Waals surface area (Å²) in [6, 6.07) is -2.26. The van der Waals surface area contributed by atoms with Crippen molar-refractivity contribution in [1.82, 2.24) is 0 Å². The van der Waals surface area contributed by atoms with Crippen molar-refractivity contribution < 1.29 is 37.5 Å². The second kappa shape index (κ2) is 10.4. The van der Waals surface area contributed by atoms with E-state index in [2.05, 4.69) is 0 Å². The van der Waals surface area contributed by atoms with Gasteiger partial charge in [-0.1, -0.05) is 0 Å². The molecule has 158 valence electrons. The Morgan fingerprint density at radius 2 is 1.82 bits per heavy atom. The first-order chi connectivity index (χ1) is 13.0. The van der Waals surface area contributed by atoms with E-state index in [1.165, 1.54) is 0 Å². The molecule has 2 unspecified atom stereocenters. The molecule has 28 heavy (non-hydrogen) atoms. The van der Waals surface area contributed by atoms with Gasteiger partial charge in [0.25, 0.3) is 7.82 Å². The summed E-state index contributed by atoms with van der Waals surface area (Å²) >= 11 is 0. The van der Waals surface area contributed by atoms with Gasteiger partial charge in [-0.3, -0.25) is 4.57 Å². The predicted molar refractivity (Wildman–Crippen MR) is 101 cm³/mol. The molecule has 0 spiro atoms. The standard InChI is InChI=1S/C16H30B2NO8P/c1-8(2)22-6-12-15(14(19)16(18)26-12)27-28(20,21)23-7-11-10(24-9(3)4)5-13(17)25-11/h8-16H,5-7,19H2,1-4H3,(H,20,21)/p-1/t10-,11-,12-,13-,14?,15+,16-/m1/s1. The van der Waals surface area contributed by atoms with Crippen LogP contribution in [0.4, 0.5) is 0 Å². The highest BCUT2D eigenvalue weighted by Crippen LogP contribution is 2.43. The van der Waals surface area contributed by atoms with Gasteiger partial charge in [0.1, 0.15) is 34.0 Å². The molecule has 2 aliphatic heterocycles. The first-order valence-electron chi connectivity index (χ1n) is 9.47. The maximum Gasteiger partial charge on any atom is 0.268 e. The second-order valence-electron chi connectivity index (χ2n) is 7.58. The van der Waals surface area contributed by atoms with Crippen molar-refractivity contribution >= 4 is 23.5 Å². The van der Waals surface area contributed by atoms with Crippen LogP contribution in [-0.4, -0.2) is 83.6 Å². The zero-order chi connectivity index (χ0) is 21.1. The molecule has 0 aliphatic carbocycles. The lowest BCUT2D eigenvalue weighted by Crippen LogP contribution is -2.44. The molecule has 2 aliphatic rings. The molecule has 2 fully saturated rings. The molecule has 0 aromatic heterocycles. The van der Waals surface area contributed by atoms with Crippen LogP contribution in [0.3, 0.4) is 0 Å². The highest BCUT2D eigenvalue weighted by Gasteiger charge is 2.43. The summed E-state index contributed by atoms with van der Waals surface area (Å²) in [6.45, 7) is 7.23. The van der Waals surface area contributed by atoms with E-state index in [1.54, 1.807) is 0 Å². The van der Waals surface area contributed by atoms with E-state index in [4.69, 9.17) is 49.4 Å². The molecule has 2 rings (SSSR count). The van der Waals surface area contributed by atoms with Gasteiger partial charge in [0.05, 0.1) is 37.6 Å². The maximum absolute atomic E-state index is 12.4. The van der Waals surface area contributed by atoms with Crippen molar-refractivity contribution in [2.45, 2.75) is 88.8 Å². The van der Waals surface area contributed by atoms with Crippen LogP contribution in [0.5, 0.6) is 0 Å². The molecule has 12 heteroatoms. The summed E-state index contributed by atoms with van der Waals surface area (Å²) in [7, 11) is 6.83. The van der Waals surface area contributed by atoms with Crippen molar-refractivity contribution in [3.05, 3.63) is 0 Å². The minimum atomic E-state index is -4.72. The molecule has 2 N–H and O–H groups in total. The van der Waals surface area contributed by atoms with E-state index in [9.17, 15) is 9.46 Å². The van der Waals surface area contributed by atoms with Crippen LogP contribution in [0.15, 0.2) is 0 Å². The number of hydrogen-bond donors (Lipinski definition) is 1. The Hall–Kier alpha value is 0.0399. The van der Waals surface area contributed by atoms with Crippen molar-refractivity contribution in [3.63, 3.8) is 0 Å². The average Bonchev–Trinajstić information content (AvgIpc) is 3.04. The van der Waals surface area contributed by atoms with Crippen molar-refractivity contribution in [3.8, 4) is 0 Å². The molecule has 0 amide bonds. The molecular formula is C16H29B2NO8P-. The van der Waals surface area contributed by atoms with Crippen LogP contribution in [0.1, 0.15) is 34.1 Å². The van der Waals surface area contributed by atoms with E-state index in [0.717, 1.165) is 0 Å². The van der Waals surface area contributed by atoms with Crippen LogP contribution in [0.2, 0.25) is 0 Å². The number of rotatable bonds is 10. The van der Waals surface area contributed by atoms with Crippen LogP contribution in [0, 0.1) is 0 Å². The fourth-order valence-electron chi connectivity index (χ4n) is 3.10. The van der Waals surface area contributed by atoms with E-state index in [0.29, 0.717) is 6.42 Å². The van der Waals surface area contributed by atoms with Crippen molar-refractivity contribution in [1.29, 1.82) is 0 Å². The minimum absolute atomic E-state index is 0.0615. The normalized spacial score (nSPS) is 38.4. The van der Waals surface area contributed by atoms with Crippen LogP contribution < -0.4 is 10.6 Å². The Balaban J connectivity index is 1.93. The molecule has 0 aromatic carbocycles. The summed E-state index contributed by atoms with van der Waals surface area (Å²) in [5.74, 6) is 0.